The summed E-state index contributed by atoms with van der Waals surface area (Å²) in [6, 6.07) is 8.23. The van der Waals surface area contributed by atoms with Gasteiger partial charge in [-0.3, -0.25) is 4.98 Å². The van der Waals surface area contributed by atoms with E-state index in [4.69, 9.17) is 5.73 Å². The molecule has 0 saturated carbocycles. The van der Waals surface area contributed by atoms with E-state index in [9.17, 15) is 0 Å². The molecule has 15 heavy (non-hydrogen) atoms. The predicted octanol–water partition coefficient (Wildman–Crippen LogP) is 2.95. The molecule has 2 heteroatoms. The number of benzene rings is 1. The first-order chi connectivity index (χ1) is 7.16. The minimum atomic E-state index is 0.773. The number of pyridine rings is 1. The Bertz CT molecular complexity index is 469. The van der Waals surface area contributed by atoms with Gasteiger partial charge in [-0.15, -0.1) is 0 Å². The summed E-state index contributed by atoms with van der Waals surface area (Å²) in [5, 5.41) is 0. The van der Waals surface area contributed by atoms with E-state index >= 15 is 0 Å². The Labute approximate surface area is 89.8 Å². The van der Waals surface area contributed by atoms with Crippen molar-refractivity contribution in [1.82, 2.24) is 4.98 Å². The van der Waals surface area contributed by atoms with Crippen LogP contribution >= 0.6 is 0 Å². The number of hydrogen-bond donors (Lipinski definition) is 1. The van der Waals surface area contributed by atoms with E-state index in [2.05, 4.69) is 37.0 Å². The standard InChI is InChI=1S/C13H14N2/c1-9-5-10(2)7-11(6-9)12-8-15-4-3-13(12)14/h3-8H,1-2H3,(H2,14,15). The quantitative estimate of drug-likeness (QED) is 0.765. The van der Waals surface area contributed by atoms with E-state index in [0.717, 1.165) is 16.8 Å². The molecule has 1 aromatic heterocycles. The minimum absolute atomic E-state index is 0.773. The molecule has 0 spiro atoms. The van der Waals surface area contributed by atoms with Crippen molar-refractivity contribution >= 4 is 5.69 Å². The van der Waals surface area contributed by atoms with Crippen LogP contribution in [0, 0.1) is 13.8 Å². The maximum absolute atomic E-state index is 5.91. The van der Waals surface area contributed by atoms with Crippen LogP contribution in [0.25, 0.3) is 11.1 Å². The third-order valence-corrected chi connectivity index (χ3v) is 2.39. The maximum atomic E-state index is 5.91. The lowest BCUT2D eigenvalue weighted by Gasteiger charge is -2.07. The summed E-state index contributed by atoms with van der Waals surface area (Å²) < 4.78 is 0. The van der Waals surface area contributed by atoms with Crippen molar-refractivity contribution in [3.8, 4) is 11.1 Å². The summed E-state index contributed by atoms with van der Waals surface area (Å²) in [7, 11) is 0. The average Bonchev–Trinajstić information content (AvgIpc) is 2.16. The fourth-order valence-electron chi connectivity index (χ4n) is 1.78. The number of anilines is 1. The zero-order chi connectivity index (χ0) is 10.8. The molecule has 0 amide bonds. The Hall–Kier alpha value is -1.83. The predicted molar refractivity (Wildman–Crippen MR) is 63.6 cm³/mol. The van der Waals surface area contributed by atoms with Crippen molar-refractivity contribution in [3.05, 3.63) is 47.8 Å². The van der Waals surface area contributed by atoms with Crippen molar-refractivity contribution in [2.24, 2.45) is 0 Å². The van der Waals surface area contributed by atoms with Crippen LogP contribution in [0.5, 0.6) is 0 Å². The number of aromatic nitrogens is 1. The summed E-state index contributed by atoms with van der Waals surface area (Å²) >= 11 is 0. The van der Waals surface area contributed by atoms with Gasteiger partial charge in [-0.25, -0.2) is 0 Å². The summed E-state index contributed by atoms with van der Waals surface area (Å²) in [4.78, 5) is 4.10. The Morgan fingerprint density at radius 2 is 1.73 bits per heavy atom. The highest BCUT2D eigenvalue weighted by Gasteiger charge is 2.03. The first-order valence-electron chi connectivity index (χ1n) is 4.95. The van der Waals surface area contributed by atoms with Crippen molar-refractivity contribution in [2.75, 3.05) is 5.73 Å². The van der Waals surface area contributed by atoms with Gasteiger partial charge in [-0.2, -0.15) is 0 Å². The van der Waals surface area contributed by atoms with Crippen LogP contribution in [0.2, 0.25) is 0 Å². The minimum Gasteiger partial charge on any atom is -0.398 e. The molecule has 0 unspecified atom stereocenters. The Morgan fingerprint density at radius 1 is 1.07 bits per heavy atom. The molecule has 0 atom stereocenters. The van der Waals surface area contributed by atoms with E-state index in [1.54, 1.807) is 6.20 Å². The van der Waals surface area contributed by atoms with Crippen LogP contribution in [-0.2, 0) is 0 Å². The second-order valence-corrected chi connectivity index (χ2v) is 3.84. The highest BCUT2D eigenvalue weighted by molar-refractivity contribution is 5.75. The van der Waals surface area contributed by atoms with Gasteiger partial charge >= 0.3 is 0 Å². The molecule has 2 N–H and O–H groups in total. The number of nitrogens with zero attached hydrogens (tertiary/aromatic N) is 1. The lowest BCUT2D eigenvalue weighted by molar-refractivity contribution is 1.32. The van der Waals surface area contributed by atoms with Crippen LogP contribution in [0.4, 0.5) is 5.69 Å². The molecule has 0 radical (unpaired) electrons. The van der Waals surface area contributed by atoms with Crippen molar-refractivity contribution < 1.29 is 0 Å². The van der Waals surface area contributed by atoms with Gasteiger partial charge in [0.25, 0.3) is 0 Å². The lowest BCUT2D eigenvalue weighted by Crippen LogP contribution is -1.91. The number of rotatable bonds is 1. The molecule has 0 aliphatic carbocycles. The van der Waals surface area contributed by atoms with Crippen LogP contribution in [0.1, 0.15) is 11.1 Å². The van der Waals surface area contributed by atoms with E-state index < -0.39 is 0 Å². The molecule has 1 heterocycles. The van der Waals surface area contributed by atoms with Crippen molar-refractivity contribution in [2.45, 2.75) is 13.8 Å². The third kappa shape index (κ3) is 1.99. The largest absolute Gasteiger partial charge is 0.398 e. The number of hydrogen-bond acceptors (Lipinski definition) is 2. The van der Waals surface area contributed by atoms with Gasteiger partial charge in [0.2, 0.25) is 0 Å². The van der Waals surface area contributed by atoms with E-state index in [1.165, 1.54) is 11.1 Å². The molecule has 0 aliphatic heterocycles. The topological polar surface area (TPSA) is 38.9 Å². The SMILES string of the molecule is Cc1cc(C)cc(-c2cnccc2N)c1. The number of nitrogen functional groups attached to an aromatic ring is 1. The molecule has 1 aromatic carbocycles. The molecule has 0 bridgehead atoms. The van der Waals surface area contributed by atoms with Crippen molar-refractivity contribution in [3.63, 3.8) is 0 Å². The monoisotopic (exact) mass is 198 g/mol. The lowest BCUT2D eigenvalue weighted by atomic mass is 10.0. The first-order valence-corrected chi connectivity index (χ1v) is 4.95. The fraction of sp³-hybridized carbons (Fsp3) is 0.154. The Morgan fingerprint density at radius 3 is 2.33 bits per heavy atom. The molecule has 2 aromatic rings. The van der Waals surface area contributed by atoms with Gasteiger partial charge in [-0.1, -0.05) is 29.3 Å². The number of nitrogens with two attached hydrogens (primary N) is 1. The second kappa shape index (κ2) is 3.73. The van der Waals surface area contributed by atoms with E-state index in [-0.39, 0.29) is 0 Å². The number of aryl methyl sites for hydroxylation is 2. The smallest absolute Gasteiger partial charge is 0.0424 e. The highest BCUT2D eigenvalue weighted by Crippen LogP contribution is 2.26. The van der Waals surface area contributed by atoms with Gasteiger partial charge in [0, 0.05) is 23.6 Å². The van der Waals surface area contributed by atoms with Gasteiger partial charge in [-0.05, 0) is 25.5 Å². The molecule has 76 valence electrons. The third-order valence-electron chi connectivity index (χ3n) is 2.39. The van der Waals surface area contributed by atoms with Gasteiger partial charge in [0.1, 0.15) is 0 Å². The molecule has 2 rings (SSSR count). The normalized spacial score (nSPS) is 10.3. The van der Waals surface area contributed by atoms with E-state index in [1.807, 2.05) is 12.3 Å². The maximum Gasteiger partial charge on any atom is 0.0424 e. The summed E-state index contributed by atoms with van der Waals surface area (Å²) in [5.41, 5.74) is 11.3. The van der Waals surface area contributed by atoms with E-state index in [0.29, 0.717) is 0 Å². The molecular formula is C13H14N2. The highest BCUT2D eigenvalue weighted by atomic mass is 14.7. The zero-order valence-electron chi connectivity index (χ0n) is 8.99. The Balaban J connectivity index is 2.59. The molecule has 2 nitrogen and oxygen atoms in total. The first kappa shape index (κ1) is 9.71. The molecule has 0 saturated heterocycles. The van der Waals surface area contributed by atoms with Gasteiger partial charge in [0.15, 0.2) is 0 Å². The zero-order valence-corrected chi connectivity index (χ0v) is 8.99. The summed E-state index contributed by atoms with van der Waals surface area (Å²) in [5.74, 6) is 0. The molecule has 0 fully saturated rings. The molecular weight excluding hydrogens is 184 g/mol. The molecule has 0 aliphatic rings. The average molecular weight is 198 g/mol. The van der Waals surface area contributed by atoms with Crippen molar-refractivity contribution in [1.29, 1.82) is 0 Å². The van der Waals surface area contributed by atoms with Gasteiger partial charge < -0.3 is 5.73 Å². The van der Waals surface area contributed by atoms with Crippen LogP contribution in [0.3, 0.4) is 0 Å². The van der Waals surface area contributed by atoms with Crippen LogP contribution < -0.4 is 5.73 Å². The van der Waals surface area contributed by atoms with Crippen LogP contribution in [0.15, 0.2) is 36.7 Å². The Kier molecular flexibility index (Phi) is 2.42. The fourth-order valence-corrected chi connectivity index (χ4v) is 1.78. The van der Waals surface area contributed by atoms with Crippen LogP contribution in [-0.4, -0.2) is 4.98 Å². The second-order valence-electron chi connectivity index (χ2n) is 3.84. The van der Waals surface area contributed by atoms with Gasteiger partial charge in [0.05, 0.1) is 0 Å². The summed E-state index contributed by atoms with van der Waals surface area (Å²) in [6.45, 7) is 4.17. The summed E-state index contributed by atoms with van der Waals surface area (Å²) in [6.07, 6.45) is 3.52.